The largest absolute Gasteiger partial charge is 0.490 e. The lowest BCUT2D eigenvalue weighted by molar-refractivity contribution is -0.684. The quantitative estimate of drug-likeness (QED) is 0.315. The van der Waals surface area contributed by atoms with E-state index in [1.807, 2.05) is 6.07 Å². The van der Waals surface area contributed by atoms with Crippen LogP contribution in [0.3, 0.4) is 0 Å². The molecule has 0 atom stereocenters. The van der Waals surface area contributed by atoms with Gasteiger partial charge in [0.15, 0.2) is 18.1 Å². The maximum absolute atomic E-state index is 12.3. The summed E-state index contributed by atoms with van der Waals surface area (Å²) in [6.45, 7) is 0.0710. The molecule has 0 fully saturated rings. The lowest BCUT2D eigenvalue weighted by atomic mass is 10.1. The van der Waals surface area contributed by atoms with Gasteiger partial charge in [0, 0.05) is 11.6 Å². The number of ether oxygens (including phenoxy) is 1. The van der Waals surface area contributed by atoms with Crippen LogP contribution in [0.25, 0.3) is 0 Å². The van der Waals surface area contributed by atoms with E-state index in [0.717, 1.165) is 8.95 Å². The van der Waals surface area contributed by atoms with Gasteiger partial charge in [0.1, 0.15) is 0 Å². The molecule has 1 aromatic heterocycles. The van der Waals surface area contributed by atoms with E-state index >= 15 is 0 Å². The lowest BCUT2D eigenvalue weighted by Crippen LogP contribution is -2.37. The molecule has 22 heavy (non-hydrogen) atoms. The highest BCUT2D eigenvalue weighted by atomic mass is 79.9. The molecule has 0 bridgehead atoms. The first-order valence-corrected chi connectivity index (χ1v) is 7.70. The first-order chi connectivity index (χ1) is 10.4. The number of pyridine rings is 1. The van der Waals surface area contributed by atoms with Crippen molar-refractivity contribution in [2.45, 2.75) is 6.54 Å². The number of halogens is 2. The third-order valence-electron chi connectivity index (χ3n) is 2.88. The van der Waals surface area contributed by atoms with Gasteiger partial charge in [-0.2, -0.15) is 4.57 Å². The van der Waals surface area contributed by atoms with Crippen molar-refractivity contribution in [3.8, 4) is 5.75 Å². The molecule has 6 nitrogen and oxygen atoms in total. The molecular formula is C14H11Br2N2O4+. The lowest BCUT2D eigenvalue weighted by Gasteiger charge is -2.03. The van der Waals surface area contributed by atoms with Crippen LogP contribution in [0.5, 0.6) is 5.75 Å². The first-order valence-electron chi connectivity index (χ1n) is 6.11. The van der Waals surface area contributed by atoms with Gasteiger partial charge in [-0.15, -0.1) is 0 Å². The summed E-state index contributed by atoms with van der Waals surface area (Å²) in [4.78, 5) is 22.7. The summed E-state index contributed by atoms with van der Waals surface area (Å²) >= 11 is 6.68. The van der Waals surface area contributed by atoms with E-state index in [4.69, 9.17) is 4.74 Å². The van der Waals surface area contributed by atoms with Crippen LogP contribution in [0.15, 0.2) is 45.6 Å². The van der Waals surface area contributed by atoms with Crippen molar-refractivity contribution in [2.24, 2.45) is 0 Å². The highest BCUT2D eigenvalue weighted by Crippen LogP contribution is 2.27. The standard InChI is InChI=1S/C14H11Br2N2O4/c1-22-14-3-2-9(4-12(14)18(20)21)13(19)8-17-6-10(15)5-11(16)7-17/h2-7H,8H2,1H3/q+1. The Morgan fingerprint density at radius 1 is 1.27 bits per heavy atom. The maximum Gasteiger partial charge on any atom is 0.311 e. The van der Waals surface area contributed by atoms with Gasteiger partial charge in [-0.3, -0.25) is 14.9 Å². The molecule has 0 saturated carbocycles. The van der Waals surface area contributed by atoms with E-state index in [2.05, 4.69) is 31.9 Å². The van der Waals surface area contributed by atoms with E-state index < -0.39 is 4.92 Å². The molecular weight excluding hydrogens is 420 g/mol. The average Bonchev–Trinajstić information content (AvgIpc) is 2.45. The second-order valence-corrected chi connectivity index (χ2v) is 6.24. The summed E-state index contributed by atoms with van der Waals surface area (Å²) in [5.41, 5.74) is 0.0323. The molecule has 0 aliphatic heterocycles. The molecule has 8 heteroatoms. The minimum atomic E-state index is -0.571. The van der Waals surface area contributed by atoms with E-state index in [9.17, 15) is 14.9 Å². The third-order valence-corrected chi connectivity index (χ3v) is 3.75. The van der Waals surface area contributed by atoms with Crippen LogP contribution in [0.2, 0.25) is 0 Å². The number of rotatable bonds is 5. The summed E-state index contributed by atoms with van der Waals surface area (Å²) in [5.74, 6) is -0.111. The smallest absolute Gasteiger partial charge is 0.311 e. The van der Waals surface area contributed by atoms with Gasteiger partial charge in [0.25, 0.3) is 0 Å². The molecule has 0 unspecified atom stereocenters. The molecule has 2 rings (SSSR count). The van der Waals surface area contributed by atoms with Gasteiger partial charge < -0.3 is 4.74 Å². The van der Waals surface area contributed by atoms with Gasteiger partial charge in [-0.1, -0.05) is 0 Å². The Morgan fingerprint density at radius 2 is 1.91 bits per heavy atom. The molecule has 2 aromatic rings. The van der Waals surface area contributed by atoms with Crippen molar-refractivity contribution < 1.29 is 19.0 Å². The molecule has 0 aliphatic rings. The van der Waals surface area contributed by atoms with Crippen LogP contribution >= 0.6 is 31.9 Å². The fourth-order valence-electron chi connectivity index (χ4n) is 1.91. The van der Waals surface area contributed by atoms with E-state index in [1.165, 1.54) is 25.3 Å². The zero-order valence-electron chi connectivity index (χ0n) is 11.5. The Bertz CT molecular complexity index is 729. The van der Waals surface area contributed by atoms with Crippen LogP contribution in [0.4, 0.5) is 5.69 Å². The second-order valence-electron chi connectivity index (χ2n) is 4.41. The van der Waals surface area contributed by atoms with Crippen LogP contribution in [-0.4, -0.2) is 17.8 Å². The summed E-state index contributed by atoms with van der Waals surface area (Å²) in [6, 6.07) is 6.02. The number of nitro groups is 1. The normalized spacial score (nSPS) is 10.3. The van der Waals surface area contributed by atoms with Crippen molar-refractivity contribution in [1.29, 1.82) is 0 Å². The Labute approximate surface area is 143 Å². The summed E-state index contributed by atoms with van der Waals surface area (Å²) in [6.07, 6.45) is 3.50. The number of methoxy groups -OCH3 is 1. The molecule has 0 aliphatic carbocycles. The molecule has 0 N–H and O–H groups in total. The fraction of sp³-hybridized carbons (Fsp3) is 0.143. The highest BCUT2D eigenvalue weighted by molar-refractivity contribution is 9.11. The third kappa shape index (κ3) is 3.89. The SMILES string of the molecule is COc1ccc(C(=O)C[n+]2cc(Br)cc(Br)c2)cc1[N+](=O)[O-]. The van der Waals surface area contributed by atoms with Crippen LogP contribution < -0.4 is 9.30 Å². The number of benzene rings is 1. The van der Waals surface area contributed by atoms with Gasteiger partial charge in [-0.25, -0.2) is 0 Å². The Morgan fingerprint density at radius 3 is 2.45 bits per heavy atom. The zero-order chi connectivity index (χ0) is 16.3. The number of hydrogen-bond donors (Lipinski definition) is 0. The van der Waals surface area contributed by atoms with Gasteiger partial charge in [-0.05, 0) is 50.1 Å². The van der Waals surface area contributed by atoms with Crippen LogP contribution in [0.1, 0.15) is 10.4 Å². The van der Waals surface area contributed by atoms with E-state index in [1.54, 1.807) is 17.0 Å². The van der Waals surface area contributed by atoms with E-state index in [0.29, 0.717) is 0 Å². The topological polar surface area (TPSA) is 73.3 Å². The van der Waals surface area contributed by atoms with E-state index in [-0.39, 0.29) is 29.3 Å². The first kappa shape index (κ1) is 16.6. The second kappa shape index (κ2) is 6.97. The number of nitrogens with zero attached hydrogens (tertiary/aromatic N) is 2. The Balaban J connectivity index is 2.29. The minimum absolute atomic E-state index is 0.0710. The van der Waals surface area contributed by atoms with Crippen molar-refractivity contribution in [3.63, 3.8) is 0 Å². The van der Waals surface area contributed by atoms with Crippen molar-refractivity contribution in [2.75, 3.05) is 7.11 Å². The number of Topliss-reactive ketones (excluding diaryl/α,β-unsaturated/α-hetero) is 1. The molecule has 0 saturated heterocycles. The number of hydrogen-bond acceptors (Lipinski definition) is 4. The van der Waals surface area contributed by atoms with Crippen LogP contribution in [0, 0.1) is 10.1 Å². The van der Waals surface area contributed by atoms with Gasteiger partial charge in [0.05, 0.1) is 21.0 Å². The predicted molar refractivity (Wildman–Crippen MR) is 86.0 cm³/mol. The average molecular weight is 431 g/mol. The van der Waals surface area contributed by atoms with Gasteiger partial charge in [0.2, 0.25) is 12.3 Å². The number of ketones is 1. The highest BCUT2D eigenvalue weighted by Gasteiger charge is 2.20. The summed E-state index contributed by atoms with van der Waals surface area (Å²) in [7, 11) is 1.35. The molecule has 0 spiro atoms. The minimum Gasteiger partial charge on any atom is -0.490 e. The van der Waals surface area contributed by atoms with Crippen molar-refractivity contribution in [3.05, 3.63) is 61.3 Å². The number of nitro benzene ring substituents is 1. The Kier molecular flexibility index (Phi) is 5.25. The fourth-order valence-corrected chi connectivity index (χ4v) is 3.24. The molecule has 0 radical (unpaired) electrons. The number of aromatic nitrogens is 1. The maximum atomic E-state index is 12.3. The van der Waals surface area contributed by atoms with Crippen molar-refractivity contribution >= 4 is 43.3 Å². The number of carbonyl (C=O) groups excluding carboxylic acids is 1. The van der Waals surface area contributed by atoms with Crippen LogP contribution in [-0.2, 0) is 6.54 Å². The molecule has 114 valence electrons. The molecule has 1 aromatic carbocycles. The summed E-state index contributed by atoms with van der Waals surface area (Å²) in [5, 5.41) is 11.0. The number of carbonyl (C=O) groups is 1. The Hall–Kier alpha value is -1.80. The monoisotopic (exact) mass is 429 g/mol. The van der Waals surface area contributed by atoms with Crippen molar-refractivity contribution in [1.82, 2.24) is 0 Å². The zero-order valence-corrected chi connectivity index (χ0v) is 14.6. The molecule has 1 heterocycles. The van der Waals surface area contributed by atoms with Gasteiger partial charge >= 0.3 is 5.69 Å². The predicted octanol–water partition coefficient (Wildman–Crippen LogP) is 3.30. The summed E-state index contributed by atoms with van der Waals surface area (Å²) < 4.78 is 8.24. The molecule has 0 amide bonds.